The number of hydrogen-bond acceptors (Lipinski definition) is 4. The Morgan fingerprint density at radius 1 is 1.26 bits per heavy atom. The summed E-state index contributed by atoms with van der Waals surface area (Å²) >= 11 is 3.32. The molecule has 0 saturated carbocycles. The summed E-state index contributed by atoms with van der Waals surface area (Å²) in [6, 6.07) is 7.39. The molecular formula is C11H15BrN2O4S. The molecule has 0 aliphatic heterocycles. The van der Waals surface area contributed by atoms with Gasteiger partial charge in [-0.15, -0.1) is 0 Å². The number of carbonyl (C=O) groups excluding carboxylic acids is 1. The quantitative estimate of drug-likeness (QED) is 0.764. The maximum Gasteiger partial charge on any atom is 0.421 e. The molecule has 1 rings (SSSR count). The summed E-state index contributed by atoms with van der Waals surface area (Å²) in [5, 5.41) is 0.740. The zero-order valence-corrected chi connectivity index (χ0v) is 12.8. The molecule has 19 heavy (non-hydrogen) atoms. The number of carbonyl (C=O) groups is 1. The lowest BCUT2D eigenvalue weighted by Crippen LogP contribution is -2.40. The van der Waals surface area contributed by atoms with E-state index in [0.29, 0.717) is 0 Å². The number of benzene rings is 1. The molecule has 0 saturated heterocycles. The van der Waals surface area contributed by atoms with Gasteiger partial charge in [-0.3, -0.25) is 0 Å². The number of nitrogens with one attached hydrogen (secondary N) is 2. The topological polar surface area (TPSA) is 84.5 Å². The minimum absolute atomic E-state index is 0.0945. The van der Waals surface area contributed by atoms with Gasteiger partial charge in [0.05, 0.1) is 6.61 Å². The summed E-state index contributed by atoms with van der Waals surface area (Å²) in [4.78, 5) is 11.0. The molecule has 2 N–H and O–H groups in total. The number of halogens is 1. The van der Waals surface area contributed by atoms with Crippen LogP contribution < -0.4 is 9.44 Å². The van der Waals surface area contributed by atoms with Gasteiger partial charge in [0.1, 0.15) is 0 Å². The minimum atomic E-state index is -3.90. The first-order valence-corrected chi connectivity index (χ1v) is 8.15. The standard InChI is InChI=1S/C11H15BrN2O4S/c1-2-18-11(15)14-19(16,17)13-8-10-5-3-9(7-12)4-6-10/h3-6,13H,2,7-8H2,1H3,(H,14,15). The lowest BCUT2D eigenvalue weighted by Gasteiger charge is -2.08. The van der Waals surface area contributed by atoms with E-state index in [0.717, 1.165) is 16.5 Å². The van der Waals surface area contributed by atoms with Crippen LogP contribution in [-0.2, 0) is 26.8 Å². The highest BCUT2D eigenvalue weighted by Crippen LogP contribution is 2.07. The van der Waals surface area contributed by atoms with Crippen molar-refractivity contribution in [3.63, 3.8) is 0 Å². The predicted molar refractivity (Wildman–Crippen MR) is 75.0 cm³/mol. The van der Waals surface area contributed by atoms with Crippen LogP contribution in [-0.4, -0.2) is 21.1 Å². The molecule has 0 spiro atoms. The molecule has 1 aromatic carbocycles. The molecule has 0 heterocycles. The van der Waals surface area contributed by atoms with Gasteiger partial charge < -0.3 is 4.74 Å². The van der Waals surface area contributed by atoms with Crippen LogP contribution >= 0.6 is 15.9 Å². The minimum Gasteiger partial charge on any atom is -0.449 e. The molecule has 1 aromatic rings. The second-order valence-electron chi connectivity index (χ2n) is 3.60. The first-order valence-electron chi connectivity index (χ1n) is 5.54. The third-order valence-corrected chi connectivity index (χ3v) is 3.74. The SMILES string of the molecule is CCOC(=O)NS(=O)(=O)NCc1ccc(CBr)cc1. The molecule has 6 nitrogen and oxygen atoms in total. The van der Waals surface area contributed by atoms with Crippen molar-refractivity contribution in [1.29, 1.82) is 0 Å². The third-order valence-electron chi connectivity index (χ3n) is 2.14. The van der Waals surface area contributed by atoms with Crippen LogP contribution in [0.3, 0.4) is 0 Å². The van der Waals surface area contributed by atoms with Crippen LogP contribution in [0.15, 0.2) is 24.3 Å². The summed E-state index contributed by atoms with van der Waals surface area (Å²) in [5.41, 5.74) is 1.88. The number of rotatable bonds is 6. The average molecular weight is 351 g/mol. The fourth-order valence-corrected chi connectivity index (χ4v) is 2.31. The first-order chi connectivity index (χ1) is 8.96. The Labute approximate surface area is 120 Å². The summed E-state index contributed by atoms with van der Waals surface area (Å²) < 4.78 is 31.4. The molecular weight excluding hydrogens is 336 g/mol. The van der Waals surface area contributed by atoms with Gasteiger partial charge in [-0.05, 0) is 18.1 Å². The van der Waals surface area contributed by atoms with Crippen molar-refractivity contribution < 1.29 is 17.9 Å². The van der Waals surface area contributed by atoms with Gasteiger partial charge in [0.2, 0.25) is 0 Å². The van der Waals surface area contributed by atoms with E-state index in [2.05, 4.69) is 25.4 Å². The second-order valence-corrected chi connectivity index (χ2v) is 5.66. The molecule has 106 valence electrons. The van der Waals surface area contributed by atoms with Gasteiger partial charge in [-0.25, -0.2) is 9.52 Å². The van der Waals surface area contributed by atoms with Crippen LogP contribution in [0.2, 0.25) is 0 Å². The molecule has 1 amide bonds. The molecule has 8 heteroatoms. The first kappa shape index (κ1) is 15.9. The Kier molecular flexibility index (Phi) is 6.26. The normalized spacial score (nSPS) is 11.1. The summed E-state index contributed by atoms with van der Waals surface area (Å²) in [6.45, 7) is 1.79. The van der Waals surface area contributed by atoms with Crippen LogP contribution in [0.5, 0.6) is 0 Å². The molecule has 0 fully saturated rings. The van der Waals surface area contributed by atoms with Gasteiger partial charge in [-0.2, -0.15) is 13.1 Å². The molecule has 0 bridgehead atoms. The van der Waals surface area contributed by atoms with Crippen LogP contribution in [0, 0.1) is 0 Å². The van der Waals surface area contributed by atoms with Gasteiger partial charge in [0.15, 0.2) is 0 Å². The van der Waals surface area contributed by atoms with Gasteiger partial charge in [0, 0.05) is 11.9 Å². The van der Waals surface area contributed by atoms with Crippen molar-refractivity contribution in [2.24, 2.45) is 0 Å². The Morgan fingerprint density at radius 3 is 2.37 bits per heavy atom. The van der Waals surface area contributed by atoms with Crippen molar-refractivity contribution >= 4 is 32.2 Å². The molecule has 0 atom stereocenters. The number of ether oxygens (including phenoxy) is 1. The van der Waals surface area contributed by atoms with Crippen molar-refractivity contribution in [2.75, 3.05) is 6.61 Å². The van der Waals surface area contributed by atoms with Crippen LogP contribution in [0.1, 0.15) is 18.1 Å². The largest absolute Gasteiger partial charge is 0.449 e. The van der Waals surface area contributed by atoms with E-state index in [-0.39, 0.29) is 13.2 Å². The monoisotopic (exact) mass is 350 g/mol. The Morgan fingerprint density at radius 2 is 1.84 bits per heavy atom. The van der Waals surface area contributed by atoms with Gasteiger partial charge in [0.25, 0.3) is 0 Å². The molecule has 0 unspecified atom stereocenters. The van der Waals surface area contributed by atoms with E-state index < -0.39 is 16.3 Å². The Hall–Kier alpha value is -1.12. The number of alkyl halides is 1. The lowest BCUT2D eigenvalue weighted by atomic mass is 10.2. The van der Waals surface area contributed by atoms with E-state index in [1.807, 2.05) is 24.3 Å². The zero-order chi connectivity index (χ0) is 14.3. The smallest absolute Gasteiger partial charge is 0.421 e. The zero-order valence-electron chi connectivity index (χ0n) is 10.3. The molecule has 0 aliphatic carbocycles. The molecule has 0 radical (unpaired) electrons. The van der Waals surface area contributed by atoms with E-state index in [1.165, 1.54) is 0 Å². The number of hydrogen-bond donors (Lipinski definition) is 2. The number of amides is 1. The fourth-order valence-electron chi connectivity index (χ4n) is 1.23. The average Bonchev–Trinajstić information content (AvgIpc) is 2.37. The van der Waals surface area contributed by atoms with Crippen molar-refractivity contribution in [2.45, 2.75) is 18.8 Å². The Balaban J connectivity index is 2.52. The maximum atomic E-state index is 11.5. The van der Waals surface area contributed by atoms with Gasteiger partial charge in [-0.1, -0.05) is 40.2 Å². The van der Waals surface area contributed by atoms with Crippen molar-refractivity contribution in [1.82, 2.24) is 9.44 Å². The summed E-state index contributed by atoms with van der Waals surface area (Å²) in [7, 11) is -3.90. The molecule has 0 aliphatic rings. The highest BCUT2D eigenvalue weighted by molar-refractivity contribution is 9.08. The second kappa shape index (κ2) is 7.46. The van der Waals surface area contributed by atoms with Crippen molar-refractivity contribution in [3.05, 3.63) is 35.4 Å². The van der Waals surface area contributed by atoms with Crippen LogP contribution in [0.4, 0.5) is 4.79 Å². The Bertz CT molecular complexity index is 516. The predicted octanol–water partition coefficient (Wildman–Crippen LogP) is 1.66. The summed E-state index contributed by atoms with van der Waals surface area (Å²) in [5.74, 6) is 0. The summed E-state index contributed by atoms with van der Waals surface area (Å²) in [6.07, 6.45) is -0.996. The van der Waals surface area contributed by atoms with Crippen molar-refractivity contribution in [3.8, 4) is 0 Å². The van der Waals surface area contributed by atoms with E-state index in [4.69, 9.17) is 0 Å². The lowest BCUT2D eigenvalue weighted by molar-refractivity contribution is 0.158. The van der Waals surface area contributed by atoms with E-state index in [9.17, 15) is 13.2 Å². The molecule has 0 aromatic heterocycles. The van der Waals surface area contributed by atoms with Crippen LogP contribution in [0.25, 0.3) is 0 Å². The van der Waals surface area contributed by atoms with E-state index in [1.54, 1.807) is 11.6 Å². The maximum absolute atomic E-state index is 11.5. The fraction of sp³-hybridized carbons (Fsp3) is 0.364. The van der Waals surface area contributed by atoms with E-state index >= 15 is 0 Å². The third kappa shape index (κ3) is 6.04. The highest BCUT2D eigenvalue weighted by atomic mass is 79.9. The highest BCUT2D eigenvalue weighted by Gasteiger charge is 2.14. The van der Waals surface area contributed by atoms with Gasteiger partial charge >= 0.3 is 16.3 Å².